The second kappa shape index (κ2) is 9.82. The average Bonchev–Trinajstić information content (AvgIpc) is 3.68. The van der Waals surface area contributed by atoms with Gasteiger partial charge in [0.25, 0.3) is 0 Å². The number of alkyl halides is 3. The van der Waals surface area contributed by atoms with E-state index in [2.05, 4.69) is 4.98 Å². The second-order valence-electron chi connectivity index (χ2n) is 9.19. The molecule has 1 aliphatic carbocycles. The van der Waals surface area contributed by atoms with E-state index in [9.17, 15) is 36.2 Å². The number of fused-ring (bicyclic) bond motifs is 1. The number of ether oxygens (including phenoxy) is 1. The number of hydrogen-bond acceptors (Lipinski definition) is 6. The summed E-state index contributed by atoms with van der Waals surface area (Å²) < 4.78 is 105. The van der Waals surface area contributed by atoms with Crippen LogP contribution in [0, 0.1) is 29.2 Å². The monoisotopic (exact) mass is 546 g/mol. The number of nitrogens with one attached hydrogen (secondary N) is 1. The number of aliphatic hydroxyl groups is 1. The van der Waals surface area contributed by atoms with Crippen molar-refractivity contribution in [3.63, 3.8) is 0 Å². The highest BCUT2D eigenvalue weighted by atomic mass is 19.4. The van der Waals surface area contributed by atoms with Crippen LogP contribution in [0.2, 0.25) is 0 Å². The van der Waals surface area contributed by atoms with Crippen molar-refractivity contribution < 1.29 is 40.6 Å². The Hall–Kier alpha value is -3.23. The van der Waals surface area contributed by atoms with E-state index in [1.807, 2.05) is 5.32 Å². The molecule has 2 aliphatic rings. The Morgan fingerprint density at radius 3 is 2.24 bits per heavy atom. The molecule has 2 atom stereocenters. The van der Waals surface area contributed by atoms with Crippen LogP contribution in [-0.4, -0.2) is 53.2 Å². The highest BCUT2D eigenvalue weighted by molar-refractivity contribution is 5.80. The molecule has 1 unspecified atom stereocenters. The molecule has 1 saturated carbocycles. The molecule has 0 spiro atoms. The third-order valence-corrected chi connectivity index (χ3v) is 6.55. The van der Waals surface area contributed by atoms with Crippen LogP contribution < -0.4 is 15.6 Å². The van der Waals surface area contributed by atoms with Gasteiger partial charge < -0.3 is 14.7 Å². The largest absolute Gasteiger partial charge is 0.404 e. The van der Waals surface area contributed by atoms with Gasteiger partial charge in [-0.2, -0.15) is 13.2 Å². The smallest absolute Gasteiger partial charge is 0.378 e. The maximum atomic E-state index is 15.1. The molecule has 0 radical (unpaired) electrons. The lowest BCUT2D eigenvalue weighted by molar-refractivity contribution is -0.168. The zero-order chi connectivity index (χ0) is 27.4. The summed E-state index contributed by atoms with van der Waals surface area (Å²) in [4.78, 5) is 18.9. The lowest BCUT2D eigenvalue weighted by Crippen LogP contribution is -2.46. The molecule has 38 heavy (non-hydrogen) atoms. The zero-order valence-corrected chi connectivity index (χ0v) is 19.5. The van der Waals surface area contributed by atoms with Crippen molar-refractivity contribution in [3.8, 4) is 5.69 Å². The Bertz CT molecular complexity index is 1410. The summed E-state index contributed by atoms with van der Waals surface area (Å²) in [5.41, 5.74) is -3.22. The van der Waals surface area contributed by atoms with Crippen molar-refractivity contribution in [3.05, 3.63) is 63.5 Å². The van der Waals surface area contributed by atoms with Crippen LogP contribution in [0.3, 0.4) is 0 Å². The van der Waals surface area contributed by atoms with Gasteiger partial charge in [0, 0.05) is 31.4 Å². The molecular weight excluding hydrogens is 525 g/mol. The molecule has 1 aromatic carbocycles. The number of morpholine rings is 1. The summed E-state index contributed by atoms with van der Waals surface area (Å²) in [5, 5.41) is 12.1. The summed E-state index contributed by atoms with van der Waals surface area (Å²) in [6.45, 7) is 0.927. The SMILES string of the molecule is O=c1c(C(O)N[C@@H](C2CC2)C(F)(F)F)cn(-c2c(F)cc(F)cc2F)c2nc(N3CCOCC3)c(F)cc12. The molecule has 1 aliphatic heterocycles. The number of aromatic nitrogens is 2. The van der Waals surface area contributed by atoms with Gasteiger partial charge in [-0.15, -0.1) is 0 Å². The van der Waals surface area contributed by atoms with Gasteiger partial charge in [-0.25, -0.2) is 22.5 Å². The first-order valence-electron chi connectivity index (χ1n) is 11.7. The van der Waals surface area contributed by atoms with E-state index >= 15 is 4.39 Å². The summed E-state index contributed by atoms with van der Waals surface area (Å²) in [6, 6.07) is -0.700. The van der Waals surface area contributed by atoms with Crippen LogP contribution in [0.15, 0.2) is 29.2 Å². The van der Waals surface area contributed by atoms with Gasteiger partial charge in [0.05, 0.1) is 24.2 Å². The van der Waals surface area contributed by atoms with Crippen molar-refractivity contribution in [2.24, 2.45) is 5.92 Å². The molecular formula is C24H21F7N4O3. The van der Waals surface area contributed by atoms with Crippen LogP contribution in [0.5, 0.6) is 0 Å². The summed E-state index contributed by atoms with van der Waals surface area (Å²) >= 11 is 0. The topological polar surface area (TPSA) is 79.6 Å². The standard InChI is InChI=1S/C24H21F7N4O3/c25-12-7-15(26)18(16(27)8-12)35-10-14(23(37)32-20(11-1-2-11)24(29,30)31)19(36)13-9-17(28)22(33-21(13)35)34-3-5-38-6-4-34/h7-11,20,23,32,37H,1-6H2/t20-,23?/m0/s1. The van der Waals surface area contributed by atoms with Gasteiger partial charge in [0.2, 0.25) is 0 Å². The van der Waals surface area contributed by atoms with E-state index in [1.54, 1.807) is 0 Å². The van der Waals surface area contributed by atoms with Crippen molar-refractivity contribution >= 4 is 16.9 Å². The van der Waals surface area contributed by atoms with Crippen molar-refractivity contribution in [2.75, 3.05) is 31.2 Å². The first-order valence-corrected chi connectivity index (χ1v) is 11.7. The van der Waals surface area contributed by atoms with E-state index < -0.39 is 75.3 Å². The number of hydrogen-bond donors (Lipinski definition) is 2. The van der Waals surface area contributed by atoms with Crippen molar-refractivity contribution in [2.45, 2.75) is 31.3 Å². The molecule has 7 nitrogen and oxygen atoms in total. The molecule has 2 aromatic heterocycles. The number of halogens is 7. The van der Waals surface area contributed by atoms with Crippen LogP contribution >= 0.6 is 0 Å². The molecule has 5 rings (SSSR count). The lowest BCUT2D eigenvalue weighted by atomic mass is 10.1. The minimum absolute atomic E-state index is 0.222. The molecule has 2 N–H and O–H groups in total. The minimum atomic E-state index is -4.76. The molecule has 2 fully saturated rings. The lowest BCUT2D eigenvalue weighted by Gasteiger charge is -2.28. The summed E-state index contributed by atoms with van der Waals surface area (Å²) in [5.74, 6) is -6.16. The Labute approximate surface area is 210 Å². The Morgan fingerprint density at radius 2 is 1.66 bits per heavy atom. The first kappa shape index (κ1) is 26.4. The third-order valence-electron chi connectivity index (χ3n) is 6.55. The molecule has 0 amide bonds. The quantitative estimate of drug-likeness (QED) is 0.363. The van der Waals surface area contributed by atoms with Crippen molar-refractivity contribution in [1.82, 2.24) is 14.9 Å². The first-order chi connectivity index (χ1) is 18.0. The molecule has 204 valence electrons. The van der Waals surface area contributed by atoms with Crippen LogP contribution in [0.25, 0.3) is 16.7 Å². The number of pyridine rings is 2. The Kier molecular flexibility index (Phi) is 6.82. The number of aliphatic hydroxyl groups excluding tert-OH is 1. The molecule has 14 heteroatoms. The Morgan fingerprint density at radius 1 is 1.03 bits per heavy atom. The average molecular weight is 546 g/mol. The third kappa shape index (κ3) is 4.95. The van der Waals surface area contributed by atoms with E-state index in [4.69, 9.17) is 4.74 Å². The van der Waals surface area contributed by atoms with Crippen LogP contribution in [0.4, 0.5) is 36.6 Å². The van der Waals surface area contributed by atoms with Crippen LogP contribution in [-0.2, 0) is 4.74 Å². The van der Waals surface area contributed by atoms with E-state index in [1.165, 1.54) is 4.90 Å². The molecule has 0 bridgehead atoms. The highest BCUT2D eigenvalue weighted by Crippen LogP contribution is 2.41. The number of nitrogens with zero attached hydrogens (tertiary/aromatic N) is 3. The van der Waals surface area contributed by atoms with Gasteiger partial charge in [-0.3, -0.25) is 14.7 Å². The van der Waals surface area contributed by atoms with E-state index in [0.717, 1.165) is 12.3 Å². The van der Waals surface area contributed by atoms with Gasteiger partial charge in [-0.1, -0.05) is 0 Å². The predicted molar refractivity (Wildman–Crippen MR) is 121 cm³/mol. The predicted octanol–water partition coefficient (Wildman–Crippen LogP) is 3.70. The summed E-state index contributed by atoms with van der Waals surface area (Å²) in [6.07, 6.45) is -5.78. The molecule has 1 saturated heterocycles. The second-order valence-corrected chi connectivity index (χ2v) is 9.19. The van der Waals surface area contributed by atoms with Gasteiger partial charge in [-0.05, 0) is 24.8 Å². The maximum Gasteiger partial charge on any atom is 0.404 e. The maximum absolute atomic E-state index is 15.1. The highest BCUT2D eigenvalue weighted by Gasteiger charge is 2.49. The van der Waals surface area contributed by atoms with E-state index in [-0.39, 0.29) is 45.0 Å². The fourth-order valence-corrected chi connectivity index (χ4v) is 4.55. The fourth-order valence-electron chi connectivity index (χ4n) is 4.55. The van der Waals surface area contributed by atoms with Gasteiger partial charge in [0.15, 0.2) is 34.3 Å². The number of benzene rings is 1. The number of anilines is 1. The van der Waals surface area contributed by atoms with Gasteiger partial charge >= 0.3 is 6.18 Å². The van der Waals surface area contributed by atoms with Gasteiger partial charge in [0.1, 0.15) is 23.8 Å². The van der Waals surface area contributed by atoms with E-state index in [0.29, 0.717) is 16.7 Å². The van der Waals surface area contributed by atoms with Crippen LogP contribution in [0.1, 0.15) is 24.6 Å². The number of rotatable bonds is 6. The zero-order valence-electron chi connectivity index (χ0n) is 19.5. The normalized spacial score (nSPS) is 18.2. The molecule has 3 aromatic rings. The summed E-state index contributed by atoms with van der Waals surface area (Å²) in [7, 11) is 0. The van der Waals surface area contributed by atoms with Crippen molar-refractivity contribution in [1.29, 1.82) is 0 Å². The Balaban J connectivity index is 1.71. The molecule has 3 heterocycles. The fraction of sp³-hybridized carbons (Fsp3) is 0.417. The minimum Gasteiger partial charge on any atom is -0.378 e.